The van der Waals surface area contributed by atoms with E-state index in [1.165, 1.54) is 18.2 Å². The van der Waals surface area contributed by atoms with Crippen molar-refractivity contribution < 1.29 is 9.18 Å². The fourth-order valence-electron chi connectivity index (χ4n) is 0.921. The summed E-state index contributed by atoms with van der Waals surface area (Å²) in [6.45, 7) is 0.293. The molecule has 14 heavy (non-hydrogen) atoms. The fraction of sp³-hybridized carbons (Fsp3) is 0.222. The first-order valence-electron chi connectivity index (χ1n) is 3.98. The van der Waals surface area contributed by atoms with Gasteiger partial charge in [-0.1, -0.05) is 6.07 Å². The summed E-state index contributed by atoms with van der Waals surface area (Å²) < 4.78 is 12.6. The Morgan fingerprint density at radius 3 is 2.79 bits per heavy atom. The average Bonchev–Trinajstić information content (AvgIpc) is 2.04. The third-order valence-electron chi connectivity index (χ3n) is 1.48. The molecule has 0 radical (unpaired) electrons. The number of anilines is 1. The van der Waals surface area contributed by atoms with Gasteiger partial charge in [0.05, 0.1) is 0 Å². The molecule has 1 aromatic carbocycles. The molecule has 1 aromatic rings. The molecule has 1 amide bonds. The summed E-state index contributed by atoms with van der Waals surface area (Å²) in [5, 5.41) is 2.52. The van der Waals surface area contributed by atoms with Crippen LogP contribution in [0.5, 0.6) is 0 Å². The van der Waals surface area contributed by atoms with Crippen molar-refractivity contribution in [2.45, 2.75) is 6.42 Å². The van der Waals surface area contributed by atoms with Crippen LogP contribution in [0.1, 0.15) is 6.42 Å². The molecular formula is C9H12ClFN2O. The number of nitrogens with two attached hydrogens (primary N) is 1. The van der Waals surface area contributed by atoms with E-state index < -0.39 is 0 Å². The molecule has 0 unspecified atom stereocenters. The van der Waals surface area contributed by atoms with Crippen LogP contribution in [0.3, 0.4) is 0 Å². The maximum absolute atomic E-state index is 12.6. The van der Waals surface area contributed by atoms with E-state index in [1.54, 1.807) is 6.07 Å². The van der Waals surface area contributed by atoms with Gasteiger partial charge in [-0.2, -0.15) is 0 Å². The van der Waals surface area contributed by atoms with E-state index in [2.05, 4.69) is 5.32 Å². The van der Waals surface area contributed by atoms with Crippen molar-refractivity contribution in [3.05, 3.63) is 30.1 Å². The monoisotopic (exact) mass is 218 g/mol. The predicted molar refractivity (Wildman–Crippen MR) is 55.9 cm³/mol. The van der Waals surface area contributed by atoms with E-state index in [1.807, 2.05) is 0 Å². The van der Waals surface area contributed by atoms with Crippen molar-refractivity contribution in [2.24, 2.45) is 5.73 Å². The van der Waals surface area contributed by atoms with Gasteiger partial charge in [0.15, 0.2) is 0 Å². The minimum absolute atomic E-state index is 0. The van der Waals surface area contributed by atoms with Gasteiger partial charge in [0, 0.05) is 18.7 Å². The van der Waals surface area contributed by atoms with E-state index in [9.17, 15) is 9.18 Å². The lowest BCUT2D eigenvalue weighted by molar-refractivity contribution is -0.116. The number of carbonyl (C=O) groups excluding carboxylic acids is 1. The van der Waals surface area contributed by atoms with Crippen LogP contribution in [-0.2, 0) is 4.79 Å². The number of carbonyl (C=O) groups is 1. The SMILES string of the molecule is Cl.NCCC(=O)Nc1cccc(F)c1. The molecule has 3 nitrogen and oxygen atoms in total. The van der Waals surface area contributed by atoms with Gasteiger partial charge in [-0.25, -0.2) is 4.39 Å². The van der Waals surface area contributed by atoms with Crippen LogP contribution >= 0.6 is 12.4 Å². The zero-order chi connectivity index (χ0) is 9.68. The third-order valence-corrected chi connectivity index (χ3v) is 1.48. The van der Waals surface area contributed by atoms with E-state index in [0.717, 1.165) is 0 Å². The van der Waals surface area contributed by atoms with Gasteiger partial charge in [-0.3, -0.25) is 4.79 Å². The molecule has 1 rings (SSSR count). The molecule has 0 saturated carbocycles. The number of hydrogen-bond acceptors (Lipinski definition) is 2. The summed E-state index contributed by atoms with van der Waals surface area (Å²) in [7, 11) is 0. The van der Waals surface area contributed by atoms with Gasteiger partial charge >= 0.3 is 0 Å². The summed E-state index contributed by atoms with van der Waals surface area (Å²) >= 11 is 0. The van der Waals surface area contributed by atoms with Crippen molar-refractivity contribution in [3.8, 4) is 0 Å². The number of nitrogens with one attached hydrogen (secondary N) is 1. The van der Waals surface area contributed by atoms with Gasteiger partial charge in [-0.05, 0) is 18.2 Å². The van der Waals surface area contributed by atoms with Gasteiger partial charge in [0.2, 0.25) is 5.91 Å². The maximum Gasteiger partial charge on any atom is 0.225 e. The second kappa shape index (κ2) is 6.34. The molecule has 0 aliphatic rings. The topological polar surface area (TPSA) is 55.1 Å². The van der Waals surface area contributed by atoms with Crippen molar-refractivity contribution in [1.29, 1.82) is 0 Å². The zero-order valence-electron chi connectivity index (χ0n) is 7.50. The van der Waals surface area contributed by atoms with Crippen molar-refractivity contribution >= 4 is 24.0 Å². The first-order valence-corrected chi connectivity index (χ1v) is 3.98. The average molecular weight is 219 g/mol. The minimum atomic E-state index is -0.370. The van der Waals surface area contributed by atoms with Crippen molar-refractivity contribution in [1.82, 2.24) is 0 Å². The van der Waals surface area contributed by atoms with E-state index in [-0.39, 0.29) is 30.6 Å². The Kier molecular flexibility index (Phi) is 5.83. The van der Waals surface area contributed by atoms with Crippen molar-refractivity contribution in [2.75, 3.05) is 11.9 Å². The van der Waals surface area contributed by atoms with Gasteiger partial charge in [-0.15, -0.1) is 12.4 Å². The Morgan fingerprint density at radius 1 is 1.50 bits per heavy atom. The highest BCUT2D eigenvalue weighted by molar-refractivity contribution is 5.90. The summed E-state index contributed by atoms with van der Waals surface area (Å²) in [6.07, 6.45) is 0.247. The Morgan fingerprint density at radius 2 is 2.21 bits per heavy atom. The molecule has 3 N–H and O–H groups in total. The van der Waals surface area contributed by atoms with Gasteiger partial charge in [0.25, 0.3) is 0 Å². The first kappa shape index (κ1) is 12.9. The zero-order valence-corrected chi connectivity index (χ0v) is 8.31. The van der Waals surface area contributed by atoms with Crippen LogP contribution in [0, 0.1) is 5.82 Å². The van der Waals surface area contributed by atoms with Crippen LogP contribution in [-0.4, -0.2) is 12.5 Å². The van der Waals surface area contributed by atoms with Crippen molar-refractivity contribution in [3.63, 3.8) is 0 Å². The van der Waals surface area contributed by atoms with Gasteiger partial charge < -0.3 is 11.1 Å². The van der Waals surface area contributed by atoms with Crippen LogP contribution in [0.25, 0.3) is 0 Å². The predicted octanol–water partition coefficient (Wildman–Crippen LogP) is 1.53. The summed E-state index contributed by atoms with van der Waals surface area (Å²) in [5.74, 6) is -0.571. The quantitative estimate of drug-likeness (QED) is 0.809. The standard InChI is InChI=1S/C9H11FN2O.ClH/c10-7-2-1-3-8(6-7)12-9(13)4-5-11;/h1-3,6H,4-5,11H2,(H,12,13);1H. The van der Waals surface area contributed by atoms with E-state index in [0.29, 0.717) is 12.2 Å². The molecule has 0 spiro atoms. The molecule has 0 saturated heterocycles. The molecule has 0 aliphatic carbocycles. The molecule has 78 valence electrons. The van der Waals surface area contributed by atoms with Crippen LogP contribution in [0.2, 0.25) is 0 Å². The minimum Gasteiger partial charge on any atom is -0.330 e. The second-order valence-electron chi connectivity index (χ2n) is 2.60. The summed E-state index contributed by atoms with van der Waals surface area (Å²) in [5.41, 5.74) is 5.63. The molecule has 5 heteroatoms. The lowest BCUT2D eigenvalue weighted by Crippen LogP contribution is -2.16. The Balaban J connectivity index is 0.00000169. The highest BCUT2D eigenvalue weighted by Crippen LogP contribution is 2.08. The maximum atomic E-state index is 12.6. The lowest BCUT2D eigenvalue weighted by Gasteiger charge is -2.03. The Labute approximate surface area is 87.9 Å². The molecule has 0 fully saturated rings. The lowest BCUT2D eigenvalue weighted by atomic mass is 10.3. The highest BCUT2D eigenvalue weighted by atomic mass is 35.5. The number of rotatable bonds is 3. The molecular weight excluding hydrogens is 207 g/mol. The van der Waals surface area contributed by atoms with Crippen LogP contribution in [0.4, 0.5) is 10.1 Å². The Bertz CT molecular complexity index is 307. The number of halogens is 2. The fourth-order valence-corrected chi connectivity index (χ4v) is 0.921. The largest absolute Gasteiger partial charge is 0.330 e. The number of amides is 1. The third kappa shape index (κ3) is 4.20. The second-order valence-corrected chi connectivity index (χ2v) is 2.60. The van der Waals surface area contributed by atoms with Crippen LogP contribution in [0.15, 0.2) is 24.3 Å². The summed E-state index contributed by atoms with van der Waals surface area (Å²) in [6, 6.07) is 5.73. The molecule has 0 bridgehead atoms. The molecule has 0 aromatic heterocycles. The molecule has 0 aliphatic heterocycles. The van der Waals surface area contributed by atoms with E-state index >= 15 is 0 Å². The number of benzene rings is 1. The smallest absolute Gasteiger partial charge is 0.225 e. The first-order chi connectivity index (χ1) is 6.22. The molecule has 0 heterocycles. The molecule has 0 atom stereocenters. The van der Waals surface area contributed by atoms with Gasteiger partial charge in [0.1, 0.15) is 5.82 Å². The normalized spacial score (nSPS) is 9.00. The summed E-state index contributed by atoms with van der Waals surface area (Å²) in [4.78, 5) is 11.0. The number of hydrogen-bond donors (Lipinski definition) is 2. The Hall–Kier alpha value is -1.13. The van der Waals surface area contributed by atoms with E-state index in [4.69, 9.17) is 5.73 Å². The highest BCUT2D eigenvalue weighted by Gasteiger charge is 2.00. The van der Waals surface area contributed by atoms with Crippen LogP contribution < -0.4 is 11.1 Å².